The number of aliphatic hydroxyl groups excluding tert-OH is 1. The third kappa shape index (κ3) is 3.54. The number of carbonyl (C=O) groups is 1. The minimum atomic E-state index is -0.901. The molecule has 0 spiro atoms. The number of aromatic amines is 1. The summed E-state index contributed by atoms with van der Waals surface area (Å²) in [6, 6.07) is 0. The molecule has 0 aliphatic heterocycles. The number of methoxy groups -OCH3 is 1. The van der Waals surface area contributed by atoms with Crippen LogP contribution in [0.2, 0.25) is 0 Å². The van der Waals surface area contributed by atoms with E-state index in [-0.39, 0.29) is 19.1 Å². The molecule has 6 heteroatoms. The first-order valence-electron chi connectivity index (χ1n) is 5.45. The van der Waals surface area contributed by atoms with E-state index in [1.807, 2.05) is 0 Å². The molecular formula is C11H19N3O3. The van der Waals surface area contributed by atoms with Crippen molar-refractivity contribution in [3.63, 3.8) is 0 Å². The summed E-state index contributed by atoms with van der Waals surface area (Å²) in [6.07, 6.45) is 3.32. The lowest BCUT2D eigenvalue weighted by Gasteiger charge is -2.30. The lowest BCUT2D eigenvalue weighted by atomic mass is 10.1. The Morgan fingerprint density at radius 1 is 1.65 bits per heavy atom. The number of nitrogens with zero attached hydrogens (tertiary/aromatic N) is 2. The second-order valence-electron chi connectivity index (χ2n) is 4.20. The molecule has 2 N–H and O–H groups in total. The van der Waals surface area contributed by atoms with Crippen LogP contribution in [-0.2, 0) is 16.1 Å². The number of aromatic nitrogens is 2. The van der Waals surface area contributed by atoms with Crippen LogP contribution in [-0.4, -0.2) is 51.7 Å². The summed E-state index contributed by atoms with van der Waals surface area (Å²) in [5.74, 6) is 0.504. The van der Waals surface area contributed by atoms with Crippen LogP contribution in [0.4, 0.5) is 0 Å². The van der Waals surface area contributed by atoms with Crippen LogP contribution >= 0.6 is 0 Å². The molecule has 1 heterocycles. The molecule has 1 aromatic rings. The molecular weight excluding hydrogens is 222 g/mol. The van der Waals surface area contributed by atoms with Crippen molar-refractivity contribution >= 4 is 5.91 Å². The molecule has 0 aliphatic carbocycles. The van der Waals surface area contributed by atoms with E-state index < -0.39 is 5.60 Å². The molecule has 0 atom stereocenters. The van der Waals surface area contributed by atoms with Crippen molar-refractivity contribution < 1.29 is 14.6 Å². The maximum atomic E-state index is 12.2. The Bertz CT molecular complexity index is 349. The topological polar surface area (TPSA) is 78.4 Å². The van der Waals surface area contributed by atoms with Gasteiger partial charge in [0.1, 0.15) is 11.4 Å². The number of ether oxygens (including phenoxy) is 1. The summed E-state index contributed by atoms with van der Waals surface area (Å²) in [4.78, 5) is 20.7. The summed E-state index contributed by atoms with van der Waals surface area (Å²) >= 11 is 0. The summed E-state index contributed by atoms with van der Waals surface area (Å²) in [5.41, 5.74) is -0.901. The van der Waals surface area contributed by atoms with Crippen molar-refractivity contribution in [3.8, 4) is 0 Å². The van der Waals surface area contributed by atoms with Crippen LogP contribution in [0.25, 0.3) is 0 Å². The van der Waals surface area contributed by atoms with Gasteiger partial charge in [0.2, 0.25) is 0 Å². The number of aliphatic hydroxyl groups is 1. The summed E-state index contributed by atoms with van der Waals surface area (Å²) in [5, 5.41) is 8.99. The number of H-pyrrole nitrogens is 1. The zero-order chi connectivity index (χ0) is 12.9. The molecule has 96 valence electrons. The predicted octanol–water partition coefficient (Wildman–Crippen LogP) is 0.156. The second-order valence-corrected chi connectivity index (χ2v) is 4.20. The lowest BCUT2D eigenvalue weighted by molar-refractivity contribution is -0.152. The maximum absolute atomic E-state index is 12.2. The van der Waals surface area contributed by atoms with Gasteiger partial charge in [0.25, 0.3) is 5.91 Å². The number of carbonyl (C=O) groups excluding carboxylic acids is 1. The Morgan fingerprint density at radius 2 is 2.35 bits per heavy atom. The van der Waals surface area contributed by atoms with Gasteiger partial charge in [-0.15, -0.1) is 0 Å². The highest BCUT2D eigenvalue weighted by Gasteiger charge is 2.31. The Kier molecular flexibility index (Phi) is 4.65. The zero-order valence-electron chi connectivity index (χ0n) is 10.4. The van der Waals surface area contributed by atoms with Crippen LogP contribution in [0.5, 0.6) is 0 Å². The first kappa shape index (κ1) is 13.7. The van der Waals surface area contributed by atoms with Crippen molar-refractivity contribution in [1.29, 1.82) is 0 Å². The van der Waals surface area contributed by atoms with Crippen molar-refractivity contribution in [3.05, 3.63) is 18.2 Å². The number of nitrogens with one attached hydrogen (secondary N) is 1. The lowest BCUT2D eigenvalue weighted by Crippen LogP contribution is -2.47. The standard InChI is InChI=1S/C11H19N3O3/c1-11(2,17-3)10(16)14(6-7-15)8-9-12-4-5-13-9/h4-5,15H,6-8H2,1-3H3,(H,12,13). The highest BCUT2D eigenvalue weighted by Crippen LogP contribution is 2.13. The van der Waals surface area contributed by atoms with Gasteiger partial charge in [-0.2, -0.15) is 0 Å². The Labute approximate surface area is 101 Å². The largest absolute Gasteiger partial charge is 0.395 e. The van der Waals surface area contributed by atoms with Gasteiger partial charge in [-0.3, -0.25) is 4.79 Å². The quantitative estimate of drug-likeness (QED) is 0.743. The minimum Gasteiger partial charge on any atom is -0.395 e. The molecule has 0 bridgehead atoms. The predicted molar refractivity (Wildman–Crippen MR) is 62.2 cm³/mol. The van der Waals surface area contributed by atoms with Crippen molar-refractivity contribution in [1.82, 2.24) is 14.9 Å². The van der Waals surface area contributed by atoms with E-state index in [1.54, 1.807) is 26.2 Å². The number of imidazole rings is 1. The van der Waals surface area contributed by atoms with Crippen molar-refractivity contribution in [2.45, 2.75) is 26.0 Å². The molecule has 0 fully saturated rings. The fraction of sp³-hybridized carbons (Fsp3) is 0.636. The minimum absolute atomic E-state index is 0.0910. The molecule has 0 radical (unpaired) electrons. The van der Waals surface area contributed by atoms with Crippen LogP contribution in [0.1, 0.15) is 19.7 Å². The monoisotopic (exact) mass is 241 g/mol. The van der Waals surface area contributed by atoms with Gasteiger partial charge < -0.3 is 19.7 Å². The normalized spacial score (nSPS) is 11.5. The average molecular weight is 241 g/mol. The number of hydrogen-bond acceptors (Lipinski definition) is 4. The van der Waals surface area contributed by atoms with Gasteiger partial charge in [-0.25, -0.2) is 4.98 Å². The molecule has 1 amide bonds. The van der Waals surface area contributed by atoms with Gasteiger partial charge in [0.05, 0.1) is 13.2 Å². The number of amides is 1. The highest BCUT2D eigenvalue weighted by atomic mass is 16.5. The average Bonchev–Trinajstić information content (AvgIpc) is 2.80. The first-order valence-corrected chi connectivity index (χ1v) is 5.45. The van der Waals surface area contributed by atoms with Gasteiger partial charge in [-0.1, -0.05) is 0 Å². The van der Waals surface area contributed by atoms with E-state index in [1.165, 1.54) is 12.0 Å². The Balaban J connectivity index is 2.75. The smallest absolute Gasteiger partial charge is 0.254 e. The van der Waals surface area contributed by atoms with E-state index in [0.29, 0.717) is 12.4 Å². The molecule has 0 aliphatic rings. The van der Waals surface area contributed by atoms with E-state index >= 15 is 0 Å². The zero-order valence-corrected chi connectivity index (χ0v) is 10.4. The molecule has 0 aromatic carbocycles. The molecule has 0 unspecified atom stereocenters. The van der Waals surface area contributed by atoms with E-state index in [2.05, 4.69) is 9.97 Å². The summed E-state index contributed by atoms with van der Waals surface area (Å²) in [6.45, 7) is 3.89. The third-order valence-electron chi connectivity index (χ3n) is 2.58. The van der Waals surface area contributed by atoms with E-state index in [0.717, 1.165) is 0 Å². The molecule has 0 saturated carbocycles. The summed E-state index contributed by atoms with van der Waals surface area (Å²) < 4.78 is 5.14. The van der Waals surface area contributed by atoms with Crippen LogP contribution < -0.4 is 0 Å². The van der Waals surface area contributed by atoms with E-state index in [9.17, 15) is 4.79 Å². The van der Waals surface area contributed by atoms with Crippen LogP contribution in [0.3, 0.4) is 0 Å². The molecule has 17 heavy (non-hydrogen) atoms. The molecule has 1 rings (SSSR count). The van der Waals surface area contributed by atoms with E-state index in [4.69, 9.17) is 9.84 Å². The highest BCUT2D eigenvalue weighted by molar-refractivity contribution is 5.84. The van der Waals surface area contributed by atoms with Crippen molar-refractivity contribution in [2.75, 3.05) is 20.3 Å². The molecule has 6 nitrogen and oxygen atoms in total. The van der Waals surface area contributed by atoms with Gasteiger partial charge in [0.15, 0.2) is 0 Å². The Morgan fingerprint density at radius 3 is 2.82 bits per heavy atom. The van der Waals surface area contributed by atoms with Crippen LogP contribution in [0, 0.1) is 0 Å². The molecule has 0 saturated heterocycles. The first-order chi connectivity index (χ1) is 8.01. The second kappa shape index (κ2) is 5.79. The maximum Gasteiger partial charge on any atom is 0.254 e. The SMILES string of the molecule is COC(C)(C)C(=O)N(CCO)Cc1ncc[nH]1. The third-order valence-corrected chi connectivity index (χ3v) is 2.58. The fourth-order valence-corrected chi connectivity index (χ4v) is 1.41. The number of hydrogen-bond donors (Lipinski definition) is 2. The number of rotatable bonds is 6. The fourth-order valence-electron chi connectivity index (χ4n) is 1.41. The van der Waals surface area contributed by atoms with Crippen LogP contribution in [0.15, 0.2) is 12.4 Å². The summed E-state index contributed by atoms with van der Waals surface area (Å²) in [7, 11) is 1.49. The van der Waals surface area contributed by atoms with Gasteiger partial charge in [-0.05, 0) is 13.8 Å². The van der Waals surface area contributed by atoms with Gasteiger partial charge >= 0.3 is 0 Å². The Hall–Kier alpha value is -1.40. The van der Waals surface area contributed by atoms with Crippen molar-refractivity contribution in [2.24, 2.45) is 0 Å². The van der Waals surface area contributed by atoms with Gasteiger partial charge in [0, 0.05) is 26.0 Å². The molecule has 1 aromatic heterocycles.